The molecule has 2 aromatic heterocycles. The van der Waals surface area contributed by atoms with E-state index in [-0.39, 0.29) is 35.2 Å². The highest BCUT2D eigenvalue weighted by Gasteiger charge is 2.36. The molecule has 0 spiro atoms. The van der Waals surface area contributed by atoms with Crippen LogP contribution in [0.25, 0.3) is 10.9 Å². The van der Waals surface area contributed by atoms with Gasteiger partial charge in [-0.05, 0) is 48.1 Å². The summed E-state index contributed by atoms with van der Waals surface area (Å²) in [5.41, 5.74) is 0.946. The van der Waals surface area contributed by atoms with Gasteiger partial charge in [0.05, 0.1) is 0 Å². The van der Waals surface area contributed by atoms with Crippen LogP contribution in [0.2, 0.25) is 5.02 Å². The van der Waals surface area contributed by atoms with Crippen molar-refractivity contribution in [1.82, 2.24) is 14.0 Å². The van der Waals surface area contributed by atoms with E-state index in [1.54, 1.807) is 10.6 Å². The van der Waals surface area contributed by atoms with Crippen LogP contribution in [0.4, 0.5) is 5.69 Å². The van der Waals surface area contributed by atoms with Crippen LogP contribution < -0.4 is 10.8 Å². The number of carbonyl (C=O) groups excluding carboxylic acids is 1. The third kappa shape index (κ3) is 3.17. The first-order valence-corrected chi connectivity index (χ1v) is 10.2. The predicted octanol–water partition coefficient (Wildman–Crippen LogP) is 2.80. The van der Waals surface area contributed by atoms with Gasteiger partial charge in [-0.3, -0.25) is 14.8 Å². The molecule has 5 rings (SSSR count). The fourth-order valence-electron chi connectivity index (χ4n) is 4.82. The van der Waals surface area contributed by atoms with Gasteiger partial charge in [0.2, 0.25) is 5.91 Å². The van der Waals surface area contributed by atoms with Crippen molar-refractivity contribution in [2.45, 2.75) is 25.4 Å². The van der Waals surface area contributed by atoms with E-state index in [2.05, 4.69) is 0 Å². The van der Waals surface area contributed by atoms with Gasteiger partial charge in [-0.2, -0.15) is 0 Å². The van der Waals surface area contributed by atoms with Crippen LogP contribution in [-0.4, -0.2) is 38.2 Å². The Morgan fingerprint density at radius 3 is 2.83 bits per heavy atom. The second-order valence-corrected chi connectivity index (χ2v) is 8.51. The van der Waals surface area contributed by atoms with Gasteiger partial charge in [-0.15, -0.1) is 0 Å². The molecule has 30 heavy (non-hydrogen) atoms. The molecule has 1 fully saturated rings. The van der Waals surface area contributed by atoms with Gasteiger partial charge < -0.3 is 24.5 Å². The van der Waals surface area contributed by atoms with E-state index in [4.69, 9.17) is 16.8 Å². The van der Waals surface area contributed by atoms with E-state index in [1.165, 1.54) is 6.07 Å². The Bertz CT molecular complexity index is 1200. The van der Waals surface area contributed by atoms with Crippen LogP contribution in [0, 0.1) is 11.1 Å². The van der Waals surface area contributed by atoms with Gasteiger partial charge in [0.25, 0.3) is 5.56 Å². The molecule has 2 bridgehead atoms. The maximum atomic E-state index is 13.1. The molecule has 2 aliphatic rings. The Hall–Kier alpha value is -2.81. The van der Waals surface area contributed by atoms with Crippen LogP contribution >= 0.6 is 11.6 Å². The lowest BCUT2D eigenvalue weighted by atomic mass is 9.83. The normalized spacial score (nSPS) is 20.3. The third-order valence-corrected chi connectivity index (χ3v) is 6.42. The number of pyridine rings is 1. The highest BCUT2D eigenvalue weighted by molar-refractivity contribution is 6.31. The molecule has 1 saturated heterocycles. The summed E-state index contributed by atoms with van der Waals surface area (Å²) in [4.78, 5) is 27.5. The van der Waals surface area contributed by atoms with Crippen molar-refractivity contribution in [2.75, 3.05) is 18.3 Å². The molecular formula is C21H20ClN4O4-. The molecule has 4 heterocycles. The van der Waals surface area contributed by atoms with E-state index in [1.807, 2.05) is 39.9 Å². The van der Waals surface area contributed by atoms with Gasteiger partial charge in [0.15, 0.2) is 0 Å². The molecule has 1 amide bonds. The highest BCUT2D eigenvalue weighted by atomic mass is 35.5. The first-order valence-electron chi connectivity index (χ1n) is 9.83. The number of benzene rings is 1. The average Bonchev–Trinajstić information content (AvgIpc) is 3.10. The zero-order valence-electron chi connectivity index (χ0n) is 16.1. The molecule has 2 aliphatic heterocycles. The molecule has 2 unspecified atom stereocenters. The van der Waals surface area contributed by atoms with Gasteiger partial charge in [0.1, 0.15) is 12.2 Å². The fourth-order valence-corrected chi connectivity index (χ4v) is 4.99. The lowest BCUT2D eigenvalue weighted by Crippen LogP contribution is -2.50. The third-order valence-electron chi connectivity index (χ3n) is 6.18. The van der Waals surface area contributed by atoms with E-state index in [0.717, 1.165) is 23.0 Å². The summed E-state index contributed by atoms with van der Waals surface area (Å²) < 4.78 is 3.47. The minimum Gasteiger partial charge on any atom is -0.733 e. The number of carbonyl (C=O) groups is 1. The molecule has 1 N–H and O–H groups in total. The SMILES string of the molecule is O=C(Cn1ccc2ccc(Cl)cc21)N1CC2CC(C1)c1ccc(N([O-])O)c(=O)n1C2. The van der Waals surface area contributed by atoms with Crippen LogP contribution in [0.5, 0.6) is 0 Å². The number of amides is 1. The van der Waals surface area contributed by atoms with Crippen LogP contribution in [0.3, 0.4) is 0 Å². The molecule has 3 aromatic rings. The van der Waals surface area contributed by atoms with Crippen molar-refractivity contribution in [3.63, 3.8) is 0 Å². The predicted molar refractivity (Wildman–Crippen MR) is 113 cm³/mol. The number of aromatic nitrogens is 2. The summed E-state index contributed by atoms with van der Waals surface area (Å²) in [6.45, 7) is 1.74. The highest BCUT2D eigenvalue weighted by Crippen LogP contribution is 2.35. The molecule has 8 nitrogen and oxygen atoms in total. The minimum atomic E-state index is -0.491. The summed E-state index contributed by atoms with van der Waals surface area (Å²) in [7, 11) is 0. The molecule has 1 aromatic carbocycles. The van der Waals surface area contributed by atoms with Crippen molar-refractivity contribution in [1.29, 1.82) is 0 Å². The number of anilines is 1. The van der Waals surface area contributed by atoms with Crippen molar-refractivity contribution in [3.8, 4) is 0 Å². The van der Waals surface area contributed by atoms with Gasteiger partial charge in [0, 0.05) is 48.0 Å². The number of piperidine rings is 1. The van der Waals surface area contributed by atoms with E-state index >= 15 is 0 Å². The molecule has 156 valence electrons. The Labute approximate surface area is 177 Å². The molecule has 0 aliphatic carbocycles. The maximum absolute atomic E-state index is 13.1. The second kappa shape index (κ2) is 7.16. The molecule has 9 heteroatoms. The Morgan fingerprint density at radius 2 is 2.03 bits per heavy atom. The van der Waals surface area contributed by atoms with Crippen LogP contribution in [0.15, 0.2) is 47.4 Å². The minimum absolute atomic E-state index is 0.0238. The zero-order valence-corrected chi connectivity index (χ0v) is 16.8. The molecular weight excluding hydrogens is 408 g/mol. The molecule has 0 radical (unpaired) electrons. The maximum Gasteiger partial charge on any atom is 0.275 e. The monoisotopic (exact) mass is 427 g/mol. The average molecular weight is 428 g/mol. The van der Waals surface area contributed by atoms with Crippen LogP contribution in [-0.2, 0) is 17.9 Å². The number of nitrogens with zero attached hydrogens (tertiary/aromatic N) is 4. The van der Waals surface area contributed by atoms with Crippen molar-refractivity contribution < 1.29 is 10.0 Å². The van der Waals surface area contributed by atoms with Crippen molar-refractivity contribution in [3.05, 3.63) is 68.9 Å². The van der Waals surface area contributed by atoms with Crippen molar-refractivity contribution in [2.24, 2.45) is 5.92 Å². The summed E-state index contributed by atoms with van der Waals surface area (Å²) in [6.07, 6.45) is 2.79. The summed E-state index contributed by atoms with van der Waals surface area (Å²) in [6, 6.07) is 10.6. The Morgan fingerprint density at radius 1 is 1.20 bits per heavy atom. The smallest absolute Gasteiger partial charge is 0.275 e. The standard InChI is InChI=1S/C21H20ClN4O4/c22-16-2-1-14-5-6-23(19(14)8-16)12-20(27)24-9-13-7-15(11-24)17-3-4-18(26(29)30)21(28)25(17)10-13/h1-6,8,13,15,29H,7,9-12H2/q-1. The summed E-state index contributed by atoms with van der Waals surface area (Å²) in [5, 5.41) is 21.6. The van der Waals surface area contributed by atoms with E-state index < -0.39 is 5.56 Å². The van der Waals surface area contributed by atoms with Crippen molar-refractivity contribution >= 4 is 34.1 Å². The Kier molecular flexibility index (Phi) is 4.57. The molecule has 2 atom stereocenters. The van der Waals surface area contributed by atoms with E-state index in [9.17, 15) is 14.8 Å². The van der Waals surface area contributed by atoms with Gasteiger partial charge in [-0.1, -0.05) is 17.7 Å². The number of likely N-dealkylation sites (tertiary alicyclic amines) is 1. The molecule has 0 saturated carbocycles. The topological polar surface area (TPSA) is 93.8 Å². The largest absolute Gasteiger partial charge is 0.733 e. The zero-order chi connectivity index (χ0) is 21.0. The number of hydrogen-bond acceptors (Lipinski definition) is 5. The fraction of sp³-hybridized carbons (Fsp3) is 0.333. The first kappa shape index (κ1) is 19.2. The number of halogens is 1. The first-order chi connectivity index (χ1) is 14.4. The number of hydrogen-bond donors (Lipinski definition) is 1. The Balaban J connectivity index is 1.38. The summed E-state index contributed by atoms with van der Waals surface area (Å²) in [5.74, 6) is 0.177. The lowest BCUT2D eigenvalue weighted by molar-refractivity contribution is -0.134. The number of rotatable bonds is 3. The second-order valence-electron chi connectivity index (χ2n) is 8.08. The van der Waals surface area contributed by atoms with Gasteiger partial charge in [-0.25, -0.2) is 0 Å². The van der Waals surface area contributed by atoms with Crippen LogP contribution in [0.1, 0.15) is 18.0 Å². The lowest BCUT2D eigenvalue weighted by Gasteiger charge is -2.43. The van der Waals surface area contributed by atoms with E-state index in [0.29, 0.717) is 24.7 Å². The quantitative estimate of drug-likeness (QED) is 0.649. The van der Waals surface area contributed by atoms with Gasteiger partial charge >= 0.3 is 0 Å². The number of fused-ring (bicyclic) bond motifs is 5. The summed E-state index contributed by atoms with van der Waals surface area (Å²) >= 11 is 6.11.